The summed E-state index contributed by atoms with van der Waals surface area (Å²) in [5, 5.41) is 10.0. The Morgan fingerprint density at radius 1 is 0.647 bits per heavy atom. The number of aromatic nitrogens is 1. The highest BCUT2D eigenvalue weighted by Gasteiger charge is 2.09. The van der Waals surface area contributed by atoms with Crippen molar-refractivity contribution in [1.82, 2.24) is 5.16 Å². The van der Waals surface area contributed by atoms with Crippen molar-refractivity contribution in [3.8, 4) is 0 Å². The van der Waals surface area contributed by atoms with Crippen LogP contribution in [0.1, 0.15) is 0 Å². The van der Waals surface area contributed by atoms with E-state index < -0.39 is 0 Å². The fourth-order valence-corrected chi connectivity index (χ4v) is 2.50. The largest absolute Gasteiger partial charge is 0.363 e. The Balaban J connectivity index is 2.48. The van der Waals surface area contributed by atoms with Crippen molar-refractivity contribution in [3.63, 3.8) is 0 Å². The second-order valence-corrected chi connectivity index (χ2v) is 4.17. The van der Waals surface area contributed by atoms with Crippen LogP contribution in [0.25, 0.3) is 32.4 Å². The van der Waals surface area contributed by atoms with E-state index in [1.807, 2.05) is 12.1 Å². The quantitative estimate of drug-likeness (QED) is 0.415. The average molecular weight is 219 g/mol. The summed E-state index contributed by atoms with van der Waals surface area (Å²) in [6.07, 6.45) is 1.73. The van der Waals surface area contributed by atoms with Crippen LogP contribution in [0, 0.1) is 0 Å². The molecular weight excluding hydrogens is 210 g/mol. The molecule has 4 aromatic rings. The molecule has 0 radical (unpaired) electrons. The van der Waals surface area contributed by atoms with Gasteiger partial charge in [-0.15, -0.1) is 0 Å². The van der Waals surface area contributed by atoms with Gasteiger partial charge < -0.3 is 4.52 Å². The van der Waals surface area contributed by atoms with Gasteiger partial charge in [0.2, 0.25) is 0 Å². The molecule has 3 aromatic carbocycles. The van der Waals surface area contributed by atoms with E-state index in [9.17, 15) is 0 Å². The van der Waals surface area contributed by atoms with E-state index in [1.165, 1.54) is 16.2 Å². The van der Waals surface area contributed by atoms with E-state index >= 15 is 0 Å². The van der Waals surface area contributed by atoms with Crippen LogP contribution >= 0.6 is 0 Å². The molecule has 0 unspecified atom stereocenters. The first-order chi connectivity index (χ1) is 8.45. The molecule has 0 aliphatic heterocycles. The number of fused-ring (bicyclic) bond motifs is 6. The normalized spacial score (nSPS) is 11.5. The van der Waals surface area contributed by atoms with E-state index in [2.05, 4.69) is 41.6 Å². The van der Waals surface area contributed by atoms with Gasteiger partial charge in [0.05, 0.1) is 5.39 Å². The third kappa shape index (κ3) is 1.07. The zero-order valence-corrected chi connectivity index (χ0v) is 9.05. The first-order valence-electron chi connectivity index (χ1n) is 5.59. The van der Waals surface area contributed by atoms with E-state index in [-0.39, 0.29) is 0 Å². The first kappa shape index (κ1) is 8.76. The smallest absolute Gasteiger partial charge is 0.132 e. The highest BCUT2D eigenvalue weighted by atomic mass is 16.5. The number of hydrogen-bond acceptors (Lipinski definition) is 2. The van der Waals surface area contributed by atoms with Gasteiger partial charge in [0.15, 0.2) is 0 Å². The summed E-state index contributed by atoms with van der Waals surface area (Å²) in [6, 6.07) is 16.7. The summed E-state index contributed by atoms with van der Waals surface area (Å²) in [6.45, 7) is 0. The highest BCUT2D eigenvalue weighted by Crippen LogP contribution is 2.33. The molecule has 1 aromatic heterocycles. The van der Waals surface area contributed by atoms with Gasteiger partial charge in [0, 0.05) is 5.39 Å². The highest BCUT2D eigenvalue weighted by molar-refractivity contribution is 6.23. The molecule has 0 saturated carbocycles. The van der Waals surface area contributed by atoms with Gasteiger partial charge in [0.25, 0.3) is 0 Å². The van der Waals surface area contributed by atoms with Crippen LogP contribution in [0.5, 0.6) is 0 Å². The van der Waals surface area contributed by atoms with Crippen molar-refractivity contribution in [3.05, 3.63) is 54.8 Å². The molecule has 0 bridgehead atoms. The van der Waals surface area contributed by atoms with Gasteiger partial charge in [0.1, 0.15) is 11.8 Å². The molecule has 1 heterocycles. The minimum atomic E-state index is 0.944. The van der Waals surface area contributed by atoms with Gasteiger partial charge >= 0.3 is 0 Å². The van der Waals surface area contributed by atoms with Crippen LogP contribution in [0.3, 0.4) is 0 Å². The average Bonchev–Trinajstić information content (AvgIpc) is 2.89. The lowest BCUT2D eigenvalue weighted by molar-refractivity contribution is 0.429. The maximum atomic E-state index is 5.13. The Labute approximate surface area is 97.4 Å². The predicted octanol–water partition coefficient (Wildman–Crippen LogP) is 4.13. The van der Waals surface area contributed by atoms with Crippen molar-refractivity contribution in [2.75, 3.05) is 0 Å². The molecule has 0 saturated heterocycles. The standard InChI is InChI=1S/C15H9NO/c1-2-7-12-10(5-1)11-6-3-4-8-13(11)15-14(12)9-17-16-15/h1-9H. The van der Waals surface area contributed by atoms with Crippen LogP contribution in [-0.4, -0.2) is 5.16 Å². The molecule has 0 aliphatic carbocycles. The van der Waals surface area contributed by atoms with E-state index in [0.717, 1.165) is 16.3 Å². The lowest BCUT2D eigenvalue weighted by Gasteiger charge is -2.04. The monoisotopic (exact) mass is 219 g/mol. The molecule has 0 atom stereocenters. The van der Waals surface area contributed by atoms with Gasteiger partial charge in [-0.05, 0) is 16.2 Å². The Kier molecular flexibility index (Phi) is 1.59. The summed E-state index contributed by atoms with van der Waals surface area (Å²) in [4.78, 5) is 0. The molecule has 0 N–H and O–H groups in total. The molecule has 0 amide bonds. The van der Waals surface area contributed by atoms with E-state index in [0.29, 0.717) is 0 Å². The van der Waals surface area contributed by atoms with Crippen LogP contribution in [0.2, 0.25) is 0 Å². The van der Waals surface area contributed by atoms with Crippen LogP contribution in [-0.2, 0) is 0 Å². The van der Waals surface area contributed by atoms with Gasteiger partial charge in [-0.25, -0.2) is 0 Å². The first-order valence-corrected chi connectivity index (χ1v) is 5.59. The van der Waals surface area contributed by atoms with Crippen LogP contribution in [0.4, 0.5) is 0 Å². The number of hydrogen-bond donors (Lipinski definition) is 0. The van der Waals surface area contributed by atoms with Crippen molar-refractivity contribution in [2.45, 2.75) is 0 Å². The molecule has 4 rings (SSSR count). The van der Waals surface area contributed by atoms with Crippen molar-refractivity contribution >= 4 is 32.4 Å². The third-order valence-corrected chi connectivity index (χ3v) is 3.26. The number of rotatable bonds is 0. The topological polar surface area (TPSA) is 26.0 Å². The summed E-state index contributed by atoms with van der Waals surface area (Å²) in [5.74, 6) is 0. The Morgan fingerprint density at radius 3 is 1.88 bits per heavy atom. The van der Waals surface area contributed by atoms with Crippen LogP contribution in [0.15, 0.2) is 59.3 Å². The summed E-state index contributed by atoms with van der Waals surface area (Å²) in [7, 11) is 0. The fraction of sp³-hybridized carbons (Fsp3) is 0. The molecule has 2 heteroatoms. The maximum Gasteiger partial charge on any atom is 0.132 e. The zero-order chi connectivity index (χ0) is 11.2. The van der Waals surface area contributed by atoms with E-state index in [1.54, 1.807) is 6.26 Å². The second kappa shape index (κ2) is 3.08. The van der Waals surface area contributed by atoms with Crippen molar-refractivity contribution in [2.24, 2.45) is 0 Å². The number of benzene rings is 3. The molecule has 2 nitrogen and oxygen atoms in total. The van der Waals surface area contributed by atoms with Crippen molar-refractivity contribution < 1.29 is 4.52 Å². The minimum absolute atomic E-state index is 0.944. The lowest BCUT2D eigenvalue weighted by Crippen LogP contribution is -1.80. The summed E-state index contributed by atoms with van der Waals surface area (Å²) >= 11 is 0. The third-order valence-electron chi connectivity index (χ3n) is 3.26. The van der Waals surface area contributed by atoms with Crippen LogP contribution < -0.4 is 0 Å². The Hall–Kier alpha value is -2.35. The minimum Gasteiger partial charge on any atom is -0.363 e. The summed E-state index contributed by atoms with van der Waals surface area (Å²) < 4.78 is 5.13. The maximum absolute atomic E-state index is 5.13. The molecule has 0 aliphatic rings. The Bertz CT molecular complexity index is 775. The zero-order valence-electron chi connectivity index (χ0n) is 9.05. The van der Waals surface area contributed by atoms with Gasteiger partial charge in [-0.1, -0.05) is 53.7 Å². The van der Waals surface area contributed by atoms with E-state index in [4.69, 9.17) is 4.52 Å². The SMILES string of the molecule is c1ccc2c(c1)c1ccccc1c1nocc21. The molecule has 0 fully saturated rings. The Morgan fingerprint density at radius 2 is 1.18 bits per heavy atom. The lowest BCUT2D eigenvalue weighted by atomic mass is 9.99. The molecule has 0 spiro atoms. The van der Waals surface area contributed by atoms with Gasteiger partial charge in [-0.3, -0.25) is 0 Å². The summed E-state index contributed by atoms with van der Waals surface area (Å²) in [5.41, 5.74) is 0.944. The second-order valence-electron chi connectivity index (χ2n) is 4.17. The molecular formula is C15H9NO. The predicted molar refractivity (Wildman–Crippen MR) is 69.0 cm³/mol. The van der Waals surface area contributed by atoms with Crippen molar-refractivity contribution in [1.29, 1.82) is 0 Å². The fourth-order valence-electron chi connectivity index (χ4n) is 2.50. The molecule has 17 heavy (non-hydrogen) atoms. The number of nitrogens with zero attached hydrogens (tertiary/aromatic N) is 1. The van der Waals surface area contributed by atoms with Gasteiger partial charge in [-0.2, -0.15) is 0 Å². The molecule has 80 valence electrons.